The van der Waals surface area contributed by atoms with E-state index in [1.165, 1.54) is 70.6 Å². The first-order valence-corrected chi connectivity index (χ1v) is 22.0. The van der Waals surface area contributed by atoms with Gasteiger partial charge in [0.2, 0.25) is 0 Å². The third kappa shape index (κ3) is 24.0. The number of ether oxygens (including phenoxy) is 2. The number of allylic oxidation sites excluding steroid dienone is 2. The molecule has 0 aromatic carbocycles. The Morgan fingerprint density at radius 3 is 1.45 bits per heavy atom. The van der Waals surface area contributed by atoms with Gasteiger partial charge in [0, 0.05) is 12.8 Å². The molecule has 0 aromatic rings. The molecule has 6 unspecified atom stereocenters. The number of rotatable bonds is 33. The number of unbranched alkanes of at least 4 members (excludes halogenated alkanes) is 19. The van der Waals surface area contributed by atoms with Crippen LogP contribution in [0.15, 0.2) is 12.2 Å². The zero-order valence-corrected chi connectivity index (χ0v) is 33.5. The van der Waals surface area contributed by atoms with Crippen LogP contribution in [0.25, 0.3) is 0 Å². The van der Waals surface area contributed by atoms with Gasteiger partial charge in [-0.1, -0.05) is 129 Å². The lowest BCUT2D eigenvalue weighted by Crippen LogP contribution is -2.64. The van der Waals surface area contributed by atoms with E-state index in [2.05, 4.69) is 26.0 Å². The van der Waals surface area contributed by atoms with Crippen LogP contribution in [0.5, 0.6) is 0 Å². The van der Waals surface area contributed by atoms with Crippen molar-refractivity contribution in [2.45, 2.75) is 211 Å². The van der Waals surface area contributed by atoms with Crippen LogP contribution in [0.2, 0.25) is 0 Å². The Hall–Kier alpha value is -1.41. The summed E-state index contributed by atoms with van der Waals surface area (Å²) >= 11 is 0. The average molecular weight is 781 g/mol. The predicted octanol–water partition coefficient (Wildman–Crippen LogP) is 6.72. The summed E-state index contributed by atoms with van der Waals surface area (Å²) in [4.78, 5) is 35.4. The van der Waals surface area contributed by atoms with Gasteiger partial charge >= 0.3 is 19.8 Å². The standard InChI is InChI=1S/C39H73O13P/c1-3-5-7-9-11-13-14-15-16-17-18-20-21-23-25-27-32(40)49-29-31(51-33(41)28-26-24-22-19-12-10-8-6-4-2)30-50-53(47,48)52-39-37(45)35(43)34(42)36(44)38(39)46/h13-14,31,34-39,42-46H,3-12,15-30H2,1-2H3,(H,47,48)/b14-13+/t31-,34?,35-,36?,37?,38?,39?/m0/s1. The van der Waals surface area contributed by atoms with Crippen molar-refractivity contribution < 1.29 is 63.1 Å². The zero-order chi connectivity index (χ0) is 39.3. The Labute approximate surface area is 318 Å². The van der Waals surface area contributed by atoms with E-state index in [0.717, 1.165) is 57.8 Å². The number of phosphoric acid groups is 1. The van der Waals surface area contributed by atoms with E-state index in [0.29, 0.717) is 12.8 Å². The Kier molecular flexibility index (Phi) is 28.8. The molecule has 0 aromatic heterocycles. The first kappa shape index (κ1) is 49.6. The lowest BCUT2D eigenvalue weighted by molar-refractivity contribution is -0.220. The third-order valence-electron chi connectivity index (χ3n) is 9.61. The molecule has 8 atom stereocenters. The van der Waals surface area contributed by atoms with E-state index >= 15 is 0 Å². The number of phosphoric ester groups is 1. The number of aliphatic hydroxyl groups is 5. The van der Waals surface area contributed by atoms with Crippen LogP contribution < -0.4 is 0 Å². The zero-order valence-electron chi connectivity index (χ0n) is 32.6. The van der Waals surface area contributed by atoms with E-state index in [9.17, 15) is 44.6 Å². The molecule has 0 amide bonds. The van der Waals surface area contributed by atoms with Gasteiger partial charge < -0.3 is 39.9 Å². The lowest BCUT2D eigenvalue weighted by Gasteiger charge is -2.41. The van der Waals surface area contributed by atoms with Gasteiger partial charge in [-0.05, 0) is 38.5 Å². The minimum Gasteiger partial charge on any atom is -0.462 e. The second-order valence-corrected chi connectivity index (χ2v) is 15.9. The number of hydrogen-bond acceptors (Lipinski definition) is 12. The summed E-state index contributed by atoms with van der Waals surface area (Å²) in [6.07, 6.45) is 15.8. The van der Waals surface area contributed by atoms with E-state index in [1.807, 2.05) is 0 Å². The van der Waals surface area contributed by atoms with Crippen LogP contribution in [0.4, 0.5) is 0 Å². The van der Waals surface area contributed by atoms with E-state index in [-0.39, 0.29) is 12.8 Å². The molecule has 1 fully saturated rings. The molecule has 1 saturated carbocycles. The number of esters is 2. The molecule has 53 heavy (non-hydrogen) atoms. The summed E-state index contributed by atoms with van der Waals surface area (Å²) in [5.41, 5.74) is 0. The summed E-state index contributed by atoms with van der Waals surface area (Å²) in [6.45, 7) is 3.23. The maximum atomic E-state index is 12.7. The van der Waals surface area contributed by atoms with E-state index in [1.54, 1.807) is 0 Å². The monoisotopic (exact) mass is 780 g/mol. The first-order chi connectivity index (χ1) is 25.4. The van der Waals surface area contributed by atoms with Crippen LogP contribution >= 0.6 is 7.82 Å². The SMILES string of the molecule is CCCCCC/C=C/CCCCCCCCCC(=O)OC[C@@H](COP(=O)(O)OC1C(O)C(O)C(O)[C@H](O)C1O)OC(=O)CCCCCCCCCCC. The minimum atomic E-state index is -5.10. The fraction of sp³-hybridized carbons (Fsp3) is 0.897. The Balaban J connectivity index is 2.49. The van der Waals surface area contributed by atoms with Crippen molar-refractivity contribution in [2.24, 2.45) is 0 Å². The quantitative estimate of drug-likeness (QED) is 0.0177. The van der Waals surface area contributed by atoms with E-state index < -0.39 is 75.7 Å². The van der Waals surface area contributed by atoms with Gasteiger partial charge in [0.25, 0.3) is 0 Å². The van der Waals surface area contributed by atoms with Gasteiger partial charge in [-0.3, -0.25) is 18.6 Å². The van der Waals surface area contributed by atoms with Gasteiger partial charge in [-0.15, -0.1) is 0 Å². The topological polar surface area (TPSA) is 210 Å². The molecule has 6 N–H and O–H groups in total. The summed E-state index contributed by atoms with van der Waals surface area (Å²) in [6, 6.07) is 0. The molecule has 1 aliphatic rings. The summed E-state index contributed by atoms with van der Waals surface area (Å²) in [5.74, 6) is -1.10. The van der Waals surface area contributed by atoms with Crippen molar-refractivity contribution in [2.75, 3.05) is 13.2 Å². The van der Waals surface area contributed by atoms with Crippen molar-refractivity contribution in [3.05, 3.63) is 12.2 Å². The normalized spacial score (nSPS) is 23.5. The molecule has 312 valence electrons. The molecule has 14 heteroatoms. The highest BCUT2D eigenvalue weighted by Crippen LogP contribution is 2.47. The van der Waals surface area contributed by atoms with Crippen LogP contribution in [0.1, 0.15) is 168 Å². The number of hydrogen-bond donors (Lipinski definition) is 6. The second kappa shape index (κ2) is 30.8. The summed E-state index contributed by atoms with van der Waals surface area (Å²) < 4.78 is 33.3. The van der Waals surface area contributed by atoms with Crippen molar-refractivity contribution in [3.63, 3.8) is 0 Å². The molecule has 0 radical (unpaired) electrons. The maximum absolute atomic E-state index is 12.7. The van der Waals surface area contributed by atoms with Crippen LogP contribution in [0.3, 0.4) is 0 Å². The van der Waals surface area contributed by atoms with Crippen LogP contribution in [-0.2, 0) is 32.7 Å². The van der Waals surface area contributed by atoms with Gasteiger partial charge in [0.1, 0.15) is 43.2 Å². The molecule has 0 aliphatic heterocycles. The van der Waals surface area contributed by atoms with Gasteiger partial charge in [0.05, 0.1) is 6.61 Å². The maximum Gasteiger partial charge on any atom is 0.472 e. The predicted molar refractivity (Wildman–Crippen MR) is 203 cm³/mol. The molecule has 13 nitrogen and oxygen atoms in total. The van der Waals surface area contributed by atoms with Crippen LogP contribution in [0, 0.1) is 0 Å². The van der Waals surface area contributed by atoms with Gasteiger partial charge in [-0.2, -0.15) is 0 Å². The Morgan fingerprint density at radius 1 is 0.566 bits per heavy atom. The molecule has 0 spiro atoms. The third-order valence-corrected chi connectivity index (χ3v) is 10.6. The van der Waals surface area contributed by atoms with Crippen LogP contribution in [-0.4, -0.2) is 98.3 Å². The largest absolute Gasteiger partial charge is 0.472 e. The smallest absolute Gasteiger partial charge is 0.462 e. The molecule has 0 bridgehead atoms. The number of aliphatic hydroxyl groups excluding tert-OH is 5. The fourth-order valence-corrected chi connectivity index (χ4v) is 7.19. The summed E-state index contributed by atoms with van der Waals surface area (Å²) in [7, 11) is -5.10. The molecule has 0 saturated heterocycles. The highest BCUT2D eigenvalue weighted by molar-refractivity contribution is 7.47. The number of carbonyl (C=O) groups excluding carboxylic acids is 2. The van der Waals surface area contributed by atoms with Gasteiger partial charge in [0.15, 0.2) is 6.10 Å². The average Bonchev–Trinajstić information content (AvgIpc) is 3.13. The molecular weight excluding hydrogens is 707 g/mol. The van der Waals surface area contributed by atoms with Crippen molar-refractivity contribution in [3.8, 4) is 0 Å². The molecular formula is C39H73O13P. The number of carbonyl (C=O) groups is 2. The van der Waals surface area contributed by atoms with Gasteiger partial charge in [-0.25, -0.2) is 4.57 Å². The highest BCUT2D eigenvalue weighted by Gasteiger charge is 2.51. The summed E-state index contributed by atoms with van der Waals surface area (Å²) in [5, 5.41) is 49.9. The molecule has 1 aliphatic carbocycles. The Morgan fingerprint density at radius 2 is 0.962 bits per heavy atom. The van der Waals surface area contributed by atoms with Crippen molar-refractivity contribution >= 4 is 19.8 Å². The van der Waals surface area contributed by atoms with Crippen molar-refractivity contribution in [1.82, 2.24) is 0 Å². The Bertz CT molecular complexity index is 996. The van der Waals surface area contributed by atoms with Crippen molar-refractivity contribution in [1.29, 1.82) is 0 Å². The van der Waals surface area contributed by atoms with E-state index in [4.69, 9.17) is 18.5 Å². The second-order valence-electron chi connectivity index (χ2n) is 14.5. The first-order valence-electron chi connectivity index (χ1n) is 20.5. The highest BCUT2D eigenvalue weighted by atomic mass is 31.2. The minimum absolute atomic E-state index is 0.0992. The molecule has 0 heterocycles. The lowest BCUT2D eigenvalue weighted by atomic mass is 9.85. The molecule has 1 rings (SSSR count). The fourth-order valence-electron chi connectivity index (χ4n) is 6.22.